The van der Waals surface area contributed by atoms with Crippen LogP contribution in [0.5, 0.6) is 0 Å². The Morgan fingerprint density at radius 2 is 2.20 bits per heavy atom. The van der Waals surface area contributed by atoms with Gasteiger partial charge in [-0.25, -0.2) is 0 Å². The van der Waals surface area contributed by atoms with Gasteiger partial charge in [0.05, 0.1) is 12.9 Å². The van der Waals surface area contributed by atoms with E-state index in [1.54, 1.807) is 6.26 Å². The first kappa shape index (κ1) is 10.3. The smallest absolute Gasteiger partial charge is 0.107 e. The van der Waals surface area contributed by atoms with Crippen LogP contribution in [0.1, 0.15) is 36.0 Å². The average Bonchev–Trinajstić information content (AvgIpc) is 2.58. The second kappa shape index (κ2) is 4.11. The Balaban J connectivity index is 2.23. The predicted molar refractivity (Wildman–Crippen MR) is 56.4 cm³/mol. The zero-order chi connectivity index (χ0) is 10.8. The van der Waals surface area contributed by atoms with Crippen molar-refractivity contribution < 1.29 is 14.3 Å². The molecular formula is C12H16O3. The highest BCUT2D eigenvalue weighted by Crippen LogP contribution is 2.30. The summed E-state index contributed by atoms with van der Waals surface area (Å²) in [7, 11) is 0. The molecule has 3 heteroatoms. The molecule has 1 aliphatic heterocycles. The van der Waals surface area contributed by atoms with Crippen molar-refractivity contribution in [3.05, 3.63) is 35.0 Å². The van der Waals surface area contributed by atoms with E-state index in [9.17, 15) is 5.11 Å². The summed E-state index contributed by atoms with van der Waals surface area (Å²) in [6, 6.07) is 1.88. The summed E-state index contributed by atoms with van der Waals surface area (Å²) < 4.78 is 10.6. The molecule has 1 N–H and O–H groups in total. The van der Waals surface area contributed by atoms with E-state index in [1.807, 2.05) is 19.9 Å². The Bertz CT molecular complexity index is 376. The van der Waals surface area contributed by atoms with Crippen LogP contribution in [0.25, 0.3) is 0 Å². The van der Waals surface area contributed by atoms with Crippen molar-refractivity contribution in [3.63, 3.8) is 0 Å². The molecule has 2 heterocycles. The van der Waals surface area contributed by atoms with Crippen molar-refractivity contribution in [2.45, 2.75) is 32.8 Å². The lowest BCUT2D eigenvalue weighted by molar-refractivity contribution is 0.169. The minimum atomic E-state index is -0.581. The normalized spacial score (nSPS) is 18.2. The summed E-state index contributed by atoms with van der Waals surface area (Å²) in [4.78, 5) is 0. The standard InChI is InChI=1S/C12H16O3/c1-8-6-11(9(2)15-8)12(13)10-4-3-5-14-7-10/h6-7,12-13H,3-5H2,1-2H3. The van der Waals surface area contributed by atoms with Crippen molar-refractivity contribution >= 4 is 0 Å². The van der Waals surface area contributed by atoms with Gasteiger partial charge in [-0.05, 0) is 38.3 Å². The molecule has 0 bridgehead atoms. The van der Waals surface area contributed by atoms with Crippen LogP contribution in [-0.2, 0) is 4.74 Å². The zero-order valence-electron chi connectivity index (χ0n) is 9.12. The van der Waals surface area contributed by atoms with E-state index in [-0.39, 0.29) is 0 Å². The van der Waals surface area contributed by atoms with E-state index >= 15 is 0 Å². The quantitative estimate of drug-likeness (QED) is 0.812. The Morgan fingerprint density at radius 3 is 2.73 bits per heavy atom. The van der Waals surface area contributed by atoms with E-state index in [0.717, 1.165) is 42.1 Å². The van der Waals surface area contributed by atoms with Crippen LogP contribution >= 0.6 is 0 Å². The van der Waals surface area contributed by atoms with Crippen molar-refractivity contribution in [1.82, 2.24) is 0 Å². The van der Waals surface area contributed by atoms with Crippen molar-refractivity contribution in [3.8, 4) is 0 Å². The van der Waals surface area contributed by atoms with Gasteiger partial charge in [-0.2, -0.15) is 0 Å². The fourth-order valence-electron chi connectivity index (χ4n) is 1.91. The molecular weight excluding hydrogens is 192 g/mol. The Morgan fingerprint density at radius 1 is 1.40 bits per heavy atom. The van der Waals surface area contributed by atoms with Crippen LogP contribution in [-0.4, -0.2) is 11.7 Å². The van der Waals surface area contributed by atoms with Gasteiger partial charge in [0, 0.05) is 5.56 Å². The Hall–Kier alpha value is -1.22. The van der Waals surface area contributed by atoms with Crippen LogP contribution < -0.4 is 0 Å². The molecule has 1 aliphatic rings. The van der Waals surface area contributed by atoms with E-state index in [1.165, 1.54) is 0 Å². The number of hydrogen-bond acceptors (Lipinski definition) is 3. The lowest BCUT2D eigenvalue weighted by atomic mass is 9.98. The van der Waals surface area contributed by atoms with Gasteiger partial charge in [0.15, 0.2) is 0 Å². The summed E-state index contributed by atoms with van der Waals surface area (Å²) >= 11 is 0. The second-order valence-corrected chi connectivity index (χ2v) is 3.94. The first-order chi connectivity index (χ1) is 7.18. The minimum absolute atomic E-state index is 0.581. The third kappa shape index (κ3) is 2.07. The SMILES string of the molecule is Cc1cc(C(O)C2=COCCC2)c(C)o1. The van der Waals surface area contributed by atoms with Crippen molar-refractivity contribution in [2.24, 2.45) is 0 Å². The molecule has 1 atom stereocenters. The molecule has 82 valence electrons. The van der Waals surface area contributed by atoms with E-state index in [0.29, 0.717) is 0 Å². The van der Waals surface area contributed by atoms with E-state index in [4.69, 9.17) is 9.15 Å². The highest BCUT2D eigenvalue weighted by Gasteiger charge is 2.20. The molecule has 1 aromatic heterocycles. The third-order valence-electron chi connectivity index (χ3n) is 2.69. The average molecular weight is 208 g/mol. The lowest BCUT2D eigenvalue weighted by Gasteiger charge is -2.18. The molecule has 0 spiro atoms. The summed E-state index contributed by atoms with van der Waals surface area (Å²) in [5.41, 5.74) is 1.79. The number of rotatable bonds is 2. The van der Waals surface area contributed by atoms with Gasteiger partial charge in [-0.1, -0.05) is 0 Å². The molecule has 3 nitrogen and oxygen atoms in total. The number of furan rings is 1. The molecule has 0 aliphatic carbocycles. The van der Waals surface area contributed by atoms with Crippen LogP contribution in [0.15, 0.2) is 22.3 Å². The molecule has 0 saturated carbocycles. The molecule has 0 aromatic carbocycles. The van der Waals surface area contributed by atoms with Crippen LogP contribution in [0.2, 0.25) is 0 Å². The largest absolute Gasteiger partial charge is 0.501 e. The highest BCUT2D eigenvalue weighted by atomic mass is 16.5. The Labute approximate surface area is 89.4 Å². The third-order valence-corrected chi connectivity index (χ3v) is 2.69. The van der Waals surface area contributed by atoms with Crippen LogP contribution in [0.4, 0.5) is 0 Å². The predicted octanol–water partition coefficient (Wildman–Crippen LogP) is 2.62. The maximum atomic E-state index is 10.1. The van der Waals surface area contributed by atoms with Gasteiger partial charge in [-0.15, -0.1) is 0 Å². The number of ether oxygens (including phenoxy) is 1. The van der Waals surface area contributed by atoms with Gasteiger partial charge in [0.2, 0.25) is 0 Å². The van der Waals surface area contributed by atoms with Crippen molar-refractivity contribution in [2.75, 3.05) is 6.61 Å². The highest BCUT2D eigenvalue weighted by molar-refractivity contribution is 5.29. The maximum absolute atomic E-state index is 10.1. The number of hydrogen-bond donors (Lipinski definition) is 1. The monoisotopic (exact) mass is 208 g/mol. The van der Waals surface area contributed by atoms with Crippen molar-refractivity contribution in [1.29, 1.82) is 0 Å². The molecule has 0 amide bonds. The number of aliphatic hydroxyl groups is 1. The Kier molecular flexibility index (Phi) is 2.82. The first-order valence-electron chi connectivity index (χ1n) is 5.24. The summed E-state index contributed by atoms with van der Waals surface area (Å²) in [6.45, 7) is 4.50. The van der Waals surface area contributed by atoms with E-state index < -0.39 is 6.10 Å². The molecule has 1 aromatic rings. The fraction of sp³-hybridized carbons (Fsp3) is 0.500. The van der Waals surface area contributed by atoms with Gasteiger partial charge in [0.25, 0.3) is 0 Å². The molecule has 0 saturated heterocycles. The first-order valence-corrected chi connectivity index (χ1v) is 5.24. The lowest BCUT2D eigenvalue weighted by Crippen LogP contribution is -2.07. The number of aryl methyl sites for hydroxylation is 2. The topological polar surface area (TPSA) is 42.6 Å². The van der Waals surface area contributed by atoms with Crippen LogP contribution in [0, 0.1) is 13.8 Å². The maximum Gasteiger partial charge on any atom is 0.107 e. The molecule has 1 unspecified atom stereocenters. The van der Waals surface area contributed by atoms with Gasteiger partial charge in [0.1, 0.15) is 17.6 Å². The van der Waals surface area contributed by atoms with Gasteiger partial charge >= 0.3 is 0 Å². The summed E-state index contributed by atoms with van der Waals surface area (Å²) in [5, 5.41) is 10.1. The molecule has 0 fully saturated rings. The number of aliphatic hydroxyl groups excluding tert-OH is 1. The molecule has 15 heavy (non-hydrogen) atoms. The van der Waals surface area contributed by atoms with Crippen LogP contribution in [0.3, 0.4) is 0 Å². The van der Waals surface area contributed by atoms with Gasteiger partial charge < -0.3 is 14.3 Å². The van der Waals surface area contributed by atoms with Gasteiger partial charge in [-0.3, -0.25) is 0 Å². The fourth-order valence-corrected chi connectivity index (χ4v) is 1.91. The second-order valence-electron chi connectivity index (χ2n) is 3.94. The zero-order valence-corrected chi connectivity index (χ0v) is 9.12. The molecule has 2 rings (SSSR count). The van der Waals surface area contributed by atoms with E-state index in [2.05, 4.69) is 0 Å². The molecule has 0 radical (unpaired) electrons. The summed E-state index contributed by atoms with van der Waals surface area (Å²) in [6.07, 6.45) is 2.96. The minimum Gasteiger partial charge on any atom is -0.501 e. The summed E-state index contributed by atoms with van der Waals surface area (Å²) in [5.74, 6) is 1.62.